The van der Waals surface area contributed by atoms with Gasteiger partial charge in [0.2, 0.25) is 11.8 Å². The molecule has 3 rings (SSSR count). The molecule has 1 heterocycles. The summed E-state index contributed by atoms with van der Waals surface area (Å²) < 4.78 is 5.47. The molecule has 0 unspecified atom stereocenters. The molecule has 27 heavy (non-hydrogen) atoms. The number of hydrogen-bond acceptors (Lipinski definition) is 6. The first-order valence-corrected chi connectivity index (χ1v) is 8.25. The third kappa shape index (κ3) is 4.72. The number of carbonyl (C=O) groups is 1. The number of urea groups is 1. The maximum absolute atomic E-state index is 12.0. The molecule has 0 fully saturated rings. The number of benzene rings is 2. The molecule has 11 heteroatoms. The molecule has 0 aliphatic rings. The van der Waals surface area contributed by atoms with Crippen LogP contribution >= 0.6 is 23.2 Å². The number of nitrogens with zero attached hydrogens (tertiary/aromatic N) is 3. The van der Waals surface area contributed by atoms with Crippen molar-refractivity contribution in [3.63, 3.8) is 0 Å². The summed E-state index contributed by atoms with van der Waals surface area (Å²) in [5.74, 6) is 0.493. The summed E-state index contributed by atoms with van der Waals surface area (Å²) in [5, 5.41) is 24.1. The van der Waals surface area contributed by atoms with Gasteiger partial charge in [-0.25, -0.2) is 4.79 Å². The second-order valence-electron chi connectivity index (χ2n) is 5.24. The molecule has 2 amide bonds. The van der Waals surface area contributed by atoms with Crippen molar-refractivity contribution in [3.8, 4) is 11.5 Å². The van der Waals surface area contributed by atoms with Crippen LogP contribution in [0.3, 0.4) is 0 Å². The van der Waals surface area contributed by atoms with E-state index in [0.29, 0.717) is 16.5 Å². The van der Waals surface area contributed by atoms with Crippen LogP contribution in [0, 0.1) is 10.1 Å². The number of aromatic nitrogens is 2. The highest BCUT2D eigenvalue weighted by atomic mass is 35.5. The Balaban J connectivity index is 1.58. The number of anilines is 1. The Morgan fingerprint density at radius 1 is 1.15 bits per heavy atom. The largest absolute Gasteiger partial charge is 0.419 e. The lowest BCUT2D eigenvalue weighted by Gasteiger charge is -2.07. The van der Waals surface area contributed by atoms with Crippen molar-refractivity contribution < 1.29 is 14.1 Å². The number of rotatable bonds is 5. The van der Waals surface area contributed by atoms with Gasteiger partial charge in [0.1, 0.15) is 0 Å². The summed E-state index contributed by atoms with van der Waals surface area (Å²) in [6.45, 7) is -0.0168. The highest BCUT2D eigenvalue weighted by molar-refractivity contribution is 6.34. The van der Waals surface area contributed by atoms with Gasteiger partial charge in [0.15, 0.2) is 0 Å². The Morgan fingerprint density at radius 3 is 2.56 bits per heavy atom. The predicted octanol–water partition coefficient (Wildman–Crippen LogP) is 4.27. The molecule has 0 saturated carbocycles. The van der Waals surface area contributed by atoms with Gasteiger partial charge in [-0.3, -0.25) is 10.1 Å². The first-order chi connectivity index (χ1) is 12.9. The van der Waals surface area contributed by atoms with Crippen molar-refractivity contribution in [3.05, 3.63) is 68.5 Å². The minimum Gasteiger partial charge on any atom is -0.419 e. The Bertz CT molecular complexity index is 991. The molecule has 2 N–H and O–H groups in total. The Morgan fingerprint density at radius 2 is 1.89 bits per heavy atom. The van der Waals surface area contributed by atoms with E-state index in [9.17, 15) is 14.9 Å². The molecule has 0 aliphatic carbocycles. The van der Waals surface area contributed by atoms with E-state index in [1.807, 2.05) is 0 Å². The van der Waals surface area contributed by atoms with Crippen molar-refractivity contribution in [2.24, 2.45) is 0 Å². The van der Waals surface area contributed by atoms with E-state index in [0.717, 1.165) is 6.07 Å². The zero-order valence-corrected chi connectivity index (χ0v) is 15.0. The fourth-order valence-corrected chi connectivity index (χ4v) is 2.42. The van der Waals surface area contributed by atoms with Crippen LogP contribution in [-0.2, 0) is 6.54 Å². The molecule has 9 nitrogen and oxygen atoms in total. The minimum atomic E-state index is -0.586. The summed E-state index contributed by atoms with van der Waals surface area (Å²) in [6.07, 6.45) is 0. The molecule has 3 aromatic rings. The molecule has 0 spiro atoms. The molecule has 0 aliphatic heterocycles. The van der Waals surface area contributed by atoms with Crippen LogP contribution in [0.4, 0.5) is 16.2 Å². The number of halogens is 2. The third-order valence-electron chi connectivity index (χ3n) is 3.37. The summed E-state index contributed by atoms with van der Waals surface area (Å²) >= 11 is 11.7. The number of non-ortho nitro benzene ring substituents is 1. The van der Waals surface area contributed by atoms with Crippen LogP contribution in [0.2, 0.25) is 10.0 Å². The summed E-state index contributed by atoms with van der Waals surface area (Å²) in [5.41, 5.74) is 0.749. The van der Waals surface area contributed by atoms with E-state index < -0.39 is 11.0 Å². The first kappa shape index (κ1) is 18.6. The second kappa shape index (κ2) is 8.02. The number of nitrogens with one attached hydrogen (secondary N) is 2. The average Bonchev–Trinajstić information content (AvgIpc) is 3.11. The van der Waals surface area contributed by atoms with Crippen molar-refractivity contribution in [2.75, 3.05) is 5.32 Å². The van der Waals surface area contributed by atoms with Gasteiger partial charge in [0, 0.05) is 22.7 Å². The Kier molecular flexibility index (Phi) is 5.53. The lowest BCUT2D eigenvalue weighted by atomic mass is 10.2. The lowest BCUT2D eigenvalue weighted by molar-refractivity contribution is -0.384. The van der Waals surface area contributed by atoms with Crippen LogP contribution in [0.5, 0.6) is 0 Å². The molecular weight excluding hydrogens is 397 g/mol. The van der Waals surface area contributed by atoms with E-state index in [1.165, 1.54) is 12.1 Å². The summed E-state index contributed by atoms with van der Waals surface area (Å²) in [6, 6.07) is 9.99. The van der Waals surface area contributed by atoms with Crippen LogP contribution in [0.15, 0.2) is 46.9 Å². The SMILES string of the molecule is O=C(NCc1nnc(-c2ccc(Cl)cc2)o1)Nc1ccc([N+](=O)[O-])cc1Cl. The highest BCUT2D eigenvalue weighted by Gasteiger charge is 2.13. The zero-order chi connectivity index (χ0) is 19.4. The fraction of sp³-hybridized carbons (Fsp3) is 0.0625. The topological polar surface area (TPSA) is 123 Å². The van der Waals surface area contributed by atoms with Crippen LogP contribution in [-0.4, -0.2) is 21.2 Å². The normalized spacial score (nSPS) is 10.4. The third-order valence-corrected chi connectivity index (χ3v) is 3.93. The van der Waals surface area contributed by atoms with Crippen LogP contribution < -0.4 is 10.6 Å². The Hall–Kier alpha value is -3.17. The molecule has 0 radical (unpaired) electrons. The van der Waals surface area contributed by atoms with Gasteiger partial charge in [-0.15, -0.1) is 10.2 Å². The van der Waals surface area contributed by atoms with Gasteiger partial charge in [-0.05, 0) is 30.3 Å². The van der Waals surface area contributed by atoms with Crippen LogP contribution in [0.25, 0.3) is 11.5 Å². The summed E-state index contributed by atoms with van der Waals surface area (Å²) in [7, 11) is 0. The predicted molar refractivity (Wildman–Crippen MR) is 98.7 cm³/mol. The highest BCUT2D eigenvalue weighted by Crippen LogP contribution is 2.26. The number of carbonyl (C=O) groups excluding carboxylic acids is 1. The van der Waals surface area contributed by atoms with Crippen molar-refractivity contribution >= 4 is 40.6 Å². The molecule has 0 bridgehead atoms. The van der Waals surface area contributed by atoms with Crippen molar-refractivity contribution in [1.82, 2.24) is 15.5 Å². The quantitative estimate of drug-likeness (QED) is 0.480. The lowest BCUT2D eigenvalue weighted by Crippen LogP contribution is -2.28. The van der Waals surface area contributed by atoms with Crippen molar-refractivity contribution in [2.45, 2.75) is 6.54 Å². The monoisotopic (exact) mass is 407 g/mol. The van der Waals surface area contributed by atoms with Crippen LogP contribution in [0.1, 0.15) is 5.89 Å². The second-order valence-corrected chi connectivity index (χ2v) is 6.08. The van der Waals surface area contributed by atoms with E-state index in [2.05, 4.69) is 20.8 Å². The van der Waals surface area contributed by atoms with Crippen molar-refractivity contribution in [1.29, 1.82) is 0 Å². The molecule has 1 aromatic heterocycles. The molecule has 2 aromatic carbocycles. The maximum atomic E-state index is 12.0. The first-order valence-electron chi connectivity index (χ1n) is 7.49. The number of nitro groups is 1. The van der Waals surface area contributed by atoms with Gasteiger partial charge < -0.3 is 15.1 Å². The fourth-order valence-electron chi connectivity index (χ4n) is 2.08. The van der Waals surface area contributed by atoms with Gasteiger partial charge in [0.05, 0.1) is 22.2 Å². The van der Waals surface area contributed by atoms with Gasteiger partial charge >= 0.3 is 6.03 Å². The van der Waals surface area contributed by atoms with Gasteiger partial charge in [0.25, 0.3) is 5.69 Å². The maximum Gasteiger partial charge on any atom is 0.319 e. The molecule has 0 saturated heterocycles. The van der Waals surface area contributed by atoms with E-state index in [-0.39, 0.29) is 28.8 Å². The standard InChI is InChI=1S/C16H11Cl2N5O4/c17-10-3-1-9(2-4-10)15-22-21-14(27-15)8-19-16(24)20-13-6-5-11(23(25)26)7-12(13)18/h1-7H,8H2,(H2,19,20,24). The molecule has 0 atom stereocenters. The smallest absolute Gasteiger partial charge is 0.319 e. The number of amides is 2. The molecular formula is C16H11Cl2N5O4. The molecule has 138 valence electrons. The van der Waals surface area contributed by atoms with Gasteiger partial charge in [-0.1, -0.05) is 23.2 Å². The Labute approximate surface area is 162 Å². The van der Waals surface area contributed by atoms with Gasteiger partial charge in [-0.2, -0.15) is 0 Å². The van der Waals surface area contributed by atoms with E-state index in [4.69, 9.17) is 27.6 Å². The summed E-state index contributed by atoms with van der Waals surface area (Å²) in [4.78, 5) is 22.1. The number of nitro benzene ring substituents is 1. The zero-order valence-electron chi connectivity index (χ0n) is 13.5. The average molecular weight is 408 g/mol. The minimum absolute atomic E-state index is 0.0168. The van der Waals surface area contributed by atoms with E-state index in [1.54, 1.807) is 24.3 Å². The van der Waals surface area contributed by atoms with E-state index >= 15 is 0 Å². The number of hydrogen-bond donors (Lipinski definition) is 2.